The number of amides is 3. The third kappa shape index (κ3) is 6.42. The highest BCUT2D eigenvalue weighted by atomic mass is 35.5. The first-order valence-electron chi connectivity index (χ1n) is 9.96. The molecule has 2 heterocycles. The molecule has 7 nitrogen and oxygen atoms in total. The summed E-state index contributed by atoms with van der Waals surface area (Å²) in [5.41, 5.74) is 6.05. The number of halogens is 1. The molecule has 2 aliphatic rings. The Morgan fingerprint density at radius 1 is 0.897 bits per heavy atom. The quantitative estimate of drug-likeness (QED) is 0.620. The fourth-order valence-electron chi connectivity index (χ4n) is 3.76. The molecule has 2 aromatic heterocycles. The van der Waals surface area contributed by atoms with Gasteiger partial charge in [0.2, 0.25) is 0 Å². The van der Waals surface area contributed by atoms with E-state index >= 15 is 0 Å². The Kier molecular flexibility index (Phi) is 7.41. The molecule has 29 heavy (non-hydrogen) atoms. The molecule has 0 aromatic carbocycles. The van der Waals surface area contributed by atoms with Crippen LogP contribution in [-0.2, 0) is 0 Å². The molecule has 2 fully saturated rings. The zero-order chi connectivity index (χ0) is 20.6. The van der Waals surface area contributed by atoms with Gasteiger partial charge in [-0.3, -0.25) is 9.78 Å². The van der Waals surface area contributed by atoms with E-state index in [9.17, 15) is 9.59 Å². The summed E-state index contributed by atoms with van der Waals surface area (Å²) < 4.78 is 0. The second-order valence-corrected chi connectivity index (χ2v) is 7.86. The largest absolute Gasteiger partial charge is 0.364 e. The van der Waals surface area contributed by atoms with Gasteiger partial charge in [-0.1, -0.05) is 56.5 Å². The van der Waals surface area contributed by atoms with Crippen LogP contribution >= 0.6 is 11.6 Å². The molecule has 2 aliphatic carbocycles. The topological polar surface area (TPSA) is 110 Å². The van der Waals surface area contributed by atoms with Crippen molar-refractivity contribution in [2.75, 3.05) is 10.6 Å². The van der Waals surface area contributed by atoms with Gasteiger partial charge in [0.05, 0.1) is 0 Å². The summed E-state index contributed by atoms with van der Waals surface area (Å²) in [4.78, 5) is 30.3. The average Bonchev–Trinajstić information content (AvgIpc) is 3.15. The SMILES string of the molecule is C1CCC(C2CCC2)C1.NC(=O)c1cc(NC(=O)Nc2ccnc(Cl)c2)ccn1. The molecule has 4 N–H and O–H groups in total. The minimum absolute atomic E-state index is 0.0646. The first-order chi connectivity index (χ1) is 14.0. The highest BCUT2D eigenvalue weighted by molar-refractivity contribution is 6.29. The fourth-order valence-corrected chi connectivity index (χ4v) is 3.93. The Labute approximate surface area is 175 Å². The zero-order valence-electron chi connectivity index (χ0n) is 16.2. The number of hydrogen-bond donors (Lipinski definition) is 3. The van der Waals surface area contributed by atoms with Crippen LogP contribution in [0.15, 0.2) is 36.7 Å². The predicted molar refractivity (Wildman–Crippen MR) is 114 cm³/mol. The van der Waals surface area contributed by atoms with E-state index in [1.165, 1.54) is 61.7 Å². The van der Waals surface area contributed by atoms with Gasteiger partial charge in [-0.2, -0.15) is 0 Å². The number of aromatic nitrogens is 2. The van der Waals surface area contributed by atoms with Gasteiger partial charge in [-0.25, -0.2) is 9.78 Å². The Hall–Kier alpha value is -2.67. The summed E-state index contributed by atoms with van der Waals surface area (Å²) in [7, 11) is 0. The third-order valence-electron chi connectivity index (χ3n) is 5.47. The van der Waals surface area contributed by atoms with Crippen LogP contribution in [0.5, 0.6) is 0 Å². The van der Waals surface area contributed by atoms with Crippen LogP contribution in [0.3, 0.4) is 0 Å². The summed E-state index contributed by atoms with van der Waals surface area (Å²) in [5.74, 6) is 1.67. The number of primary amides is 1. The first-order valence-corrected chi connectivity index (χ1v) is 10.3. The molecular formula is C21H26ClN5O2. The van der Waals surface area contributed by atoms with Crippen molar-refractivity contribution in [2.24, 2.45) is 17.6 Å². The van der Waals surface area contributed by atoms with Gasteiger partial charge in [0.1, 0.15) is 10.8 Å². The molecule has 2 saturated carbocycles. The third-order valence-corrected chi connectivity index (χ3v) is 5.68. The Morgan fingerprint density at radius 2 is 1.45 bits per heavy atom. The van der Waals surface area contributed by atoms with Gasteiger partial charge < -0.3 is 16.4 Å². The van der Waals surface area contributed by atoms with Crippen LogP contribution in [-0.4, -0.2) is 21.9 Å². The fraction of sp³-hybridized carbons (Fsp3) is 0.429. The molecule has 0 aliphatic heterocycles. The lowest BCUT2D eigenvalue weighted by Crippen LogP contribution is -2.20. The molecular weight excluding hydrogens is 390 g/mol. The summed E-state index contributed by atoms with van der Waals surface area (Å²) in [6.07, 6.45) is 13.7. The minimum atomic E-state index is -0.671. The van der Waals surface area contributed by atoms with Crippen LogP contribution < -0.4 is 16.4 Å². The predicted octanol–water partition coefficient (Wildman–Crippen LogP) is 4.85. The molecule has 8 heteroatoms. The molecule has 0 spiro atoms. The normalized spacial score (nSPS) is 16.3. The van der Waals surface area contributed by atoms with Crippen molar-refractivity contribution < 1.29 is 9.59 Å². The molecule has 3 amide bonds. The molecule has 0 unspecified atom stereocenters. The van der Waals surface area contributed by atoms with Crippen LogP contribution in [0.2, 0.25) is 5.15 Å². The summed E-state index contributed by atoms with van der Waals surface area (Å²) in [6, 6.07) is 5.51. The number of pyridine rings is 2. The highest BCUT2D eigenvalue weighted by Crippen LogP contribution is 2.41. The number of rotatable bonds is 4. The van der Waals surface area contributed by atoms with Gasteiger partial charge in [0, 0.05) is 23.8 Å². The lowest BCUT2D eigenvalue weighted by Gasteiger charge is -2.30. The molecule has 154 valence electrons. The van der Waals surface area contributed by atoms with E-state index in [4.69, 9.17) is 17.3 Å². The molecule has 0 radical (unpaired) electrons. The van der Waals surface area contributed by atoms with Crippen molar-refractivity contribution in [3.63, 3.8) is 0 Å². The number of nitrogens with zero attached hydrogens (tertiary/aromatic N) is 2. The molecule has 4 rings (SSSR count). The second kappa shape index (κ2) is 10.2. The maximum atomic E-state index is 11.8. The number of urea groups is 1. The summed E-state index contributed by atoms with van der Waals surface area (Å²) in [5, 5.41) is 5.38. The van der Waals surface area contributed by atoms with Gasteiger partial charge in [0.15, 0.2) is 0 Å². The van der Waals surface area contributed by atoms with Crippen molar-refractivity contribution in [1.82, 2.24) is 9.97 Å². The van der Waals surface area contributed by atoms with Crippen LogP contribution in [0, 0.1) is 11.8 Å². The number of carbonyl (C=O) groups excluding carboxylic acids is 2. The summed E-state index contributed by atoms with van der Waals surface area (Å²) >= 11 is 5.70. The van der Waals surface area contributed by atoms with Crippen LogP contribution in [0.25, 0.3) is 0 Å². The number of nitrogens with one attached hydrogen (secondary N) is 2. The average molecular weight is 416 g/mol. The number of hydrogen-bond acceptors (Lipinski definition) is 4. The first kappa shape index (κ1) is 21.0. The van der Waals surface area contributed by atoms with E-state index in [0.717, 1.165) is 0 Å². The standard InChI is InChI=1S/C12H10ClN5O2.C9H16/c13-10-6-8(2-4-16-10)18-12(20)17-7-1-3-15-9(5-7)11(14)19;1-2-5-8(4-1)9-6-3-7-9/h1-6H,(H2,14,19)(H2,15,16,17,18,20);8-9H,1-7H2. The van der Waals surface area contributed by atoms with Crippen molar-refractivity contribution in [1.29, 1.82) is 0 Å². The van der Waals surface area contributed by atoms with Crippen LogP contribution in [0.1, 0.15) is 55.4 Å². The van der Waals surface area contributed by atoms with Crippen molar-refractivity contribution in [3.05, 3.63) is 47.5 Å². The van der Waals surface area contributed by atoms with E-state index in [-0.39, 0.29) is 10.8 Å². The Morgan fingerprint density at radius 3 is 1.97 bits per heavy atom. The maximum absolute atomic E-state index is 11.8. The minimum Gasteiger partial charge on any atom is -0.364 e. The molecule has 0 bridgehead atoms. The summed E-state index contributed by atoms with van der Waals surface area (Å²) in [6.45, 7) is 0. The second-order valence-electron chi connectivity index (χ2n) is 7.48. The number of anilines is 2. The van der Waals surface area contributed by atoms with E-state index in [1.807, 2.05) is 0 Å². The van der Waals surface area contributed by atoms with E-state index in [0.29, 0.717) is 11.4 Å². The van der Waals surface area contributed by atoms with E-state index < -0.39 is 11.9 Å². The Balaban J connectivity index is 0.000000220. The smallest absolute Gasteiger partial charge is 0.323 e. The Bertz CT molecular complexity index is 850. The molecule has 2 aromatic rings. The van der Waals surface area contributed by atoms with Gasteiger partial charge in [-0.05, 0) is 36.1 Å². The number of nitrogens with two attached hydrogens (primary N) is 1. The van der Waals surface area contributed by atoms with Gasteiger partial charge in [-0.15, -0.1) is 0 Å². The monoisotopic (exact) mass is 415 g/mol. The highest BCUT2D eigenvalue weighted by Gasteiger charge is 2.28. The zero-order valence-corrected chi connectivity index (χ0v) is 17.0. The van der Waals surface area contributed by atoms with Crippen LogP contribution in [0.4, 0.5) is 16.2 Å². The lowest BCUT2D eigenvalue weighted by atomic mass is 9.75. The maximum Gasteiger partial charge on any atom is 0.323 e. The number of carbonyl (C=O) groups is 2. The molecule has 0 saturated heterocycles. The van der Waals surface area contributed by atoms with Gasteiger partial charge in [0.25, 0.3) is 5.91 Å². The van der Waals surface area contributed by atoms with E-state index in [1.54, 1.807) is 31.7 Å². The van der Waals surface area contributed by atoms with Crippen molar-refractivity contribution >= 4 is 34.9 Å². The van der Waals surface area contributed by atoms with Crippen molar-refractivity contribution in [2.45, 2.75) is 44.9 Å². The van der Waals surface area contributed by atoms with E-state index in [2.05, 4.69) is 20.6 Å². The van der Waals surface area contributed by atoms with Crippen molar-refractivity contribution in [3.8, 4) is 0 Å². The van der Waals surface area contributed by atoms with Gasteiger partial charge >= 0.3 is 6.03 Å². The molecule has 0 atom stereocenters. The lowest BCUT2D eigenvalue weighted by molar-refractivity contribution is 0.0995.